The Balaban J connectivity index is 2.47. The van der Waals surface area contributed by atoms with E-state index in [1.165, 1.54) is 0 Å². The lowest BCUT2D eigenvalue weighted by Gasteiger charge is -2.19. The number of hydrogen-bond acceptors (Lipinski definition) is 3. The second-order valence-electron chi connectivity index (χ2n) is 3.39. The number of nitrogens with zero attached hydrogens (tertiary/aromatic N) is 1. The first kappa shape index (κ1) is 12.0. The molecule has 0 aromatic rings. The predicted molar refractivity (Wildman–Crippen MR) is 55.1 cm³/mol. The zero-order valence-corrected chi connectivity index (χ0v) is 9.63. The van der Waals surface area contributed by atoms with E-state index >= 15 is 0 Å². The van der Waals surface area contributed by atoms with E-state index in [1.807, 2.05) is 0 Å². The fourth-order valence-electron chi connectivity index (χ4n) is 1.33. The van der Waals surface area contributed by atoms with Crippen LogP contribution in [0, 0.1) is 5.92 Å². The van der Waals surface area contributed by atoms with E-state index in [0.29, 0.717) is 12.4 Å². The van der Waals surface area contributed by atoms with Crippen molar-refractivity contribution in [2.24, 2.45) is 5.92 Å². The van der Waals surface area contributed by atoms with Gasteiger partial charge in [0.05, 0.1) is 12.0 Å². The molecule has 0 aromatic carbocycles. The molecule has 0 bridgehead atoms. The second-order valence-corrected chi connectivity index (χ2v) is 6.16. The molecular weight excluding hydrogens is 225 g/mol. The van der Waals surface area contributed by atoms with Crippen LogP contribution in [-0.2, 0) is 9.36 Å². The maximum Gasteiger partial charge on any atom is 0.326 e. The molecule has 7 heteroatoms. The molecule has 2 N–H and O–H groups in total. The van der Waals surface area contributed by atoms with Gasteiger partial charge >= 0.3 is 7.60 Å². The zero-order valence-electron chi connectivity index (χ0n) is 7.92. The van der Waals surface area contributed by atoms with Gasteiger partial charge in [0.1, 0.15) is 0 Å². The molecule has 82 valence electrons. The van der Waals surface area contributed by atoms with E-state index < -0.39 is 13.5 Å². The van der Waals surface area contributed by atoms with Crippen LogP contribution in [0.5, 0.6) is 0 Å². The molecule has 0 aromatic heterocycles. The fourth-order valence-corrected chi connectivity index (χ4v) is 3.16. The first-order chi connectivity index (χ1) is 6.40. The minimum Gasteiger partial charge on any atom is -0.332 e. The van der Waals surface area contributed by atoms with Crippen molar-refractivity contribution in [1.82, 2.24) is 4.90 Å². The molecule has 1 rings (SSSR count). The fraction of sp³-hybridized carbons (Fsp3) is 0.857. The summed E-state index contributed by atoms with van der Waals surface area (Å²) in [6.07, 6.45) is -0.354. The normalized spacial score (nSPS) is 19.8. The highest BCUT2D eigenvalue weighted by Gasteiger charge is 2.28. The smallest absolute Gasteiger partial charge is 0.326 e. The van der Waals surface area contributed by atoms with Crippen LogP contribution >= 0.6 is 19.4 Å². The van der Waals surface area contributed by atoms with E-state index in [2.05, 4.69) is 0 Å². The van der Waals surface area contributed by atoms with Gasteiger partial charge in [0, 0.05) is 18.2 Å². The van der Waals surface area contributed by atoms with Gasteiger partial charge in [0.15, 0.2) is 0 Å². The summed E-state index contributed by atoms with van der Waals surface area (Å²) in [6, 6.07) is 0. The number of carbonyl (C=O) groups excluding carboxylic acids is 1. The average molecular weight is 239 g/mol. The summed E-state index contributed by atoms with van der Waals surface area (Å²) >= 11 is 1.66. The predicted octanol–water partition coefficient (Wildman–Crippen LogP) is 0.333. The third-order valence-electron chi connectivity index (χ3n) is 2.00. The van der Waals surface area contributed by atoms with Gasteiger partial charge in [-0.25, -0.2) is 0 Å². The van der Waals surface area contributed by atoms with Gasteiger partial charge in [-0.05, 0) is 0 Å². The van der Waals surface area contributed by atoms with E-state index in [-0.39, 0.29) is 12.1 Å². The van der Waals surface area contributed by atoms with Crippen LogP contribution in [0.1, 0.15) is 6.92 Å². The summed E-state index contributed by atoms with van der Waals surface area (Å²) in [6.45, 7) is 2.25. The summed E-state index contributed by atoms with van der Waals surface area (Å²) in [5, 5.41) is 0. The highest BCUT2D eigenvalue weighted by molar-refractivity contribution is 7.99. The lowest BCUT2D eigenvalue weighted by molar-refractivity contribution is -0.132. The summed E-state index contributed by atoms with van der Waals surface area (Å²) in [4.78, 5) is 30.7. The number of rotatable bonds is 3. The molecule has 1 aliphatic rings. The average Bonchev–Trinajstić information content (AvgIpc) is 2.51. The number of hydrogen-bond donors (Lipinski definition) is 2. The van der Waals surface area contributed by atoms with Gasteiger partial charge in [-0.3, -0.25) is 9.36 Å². The Morgan fingerprint density at radius 2 is 2.29 bits per heavy atom. The SMILES string of the molecule is CC(CP(=O)(O)O)C(=O)N1CCSC1. The molecule has 1 fully saturated rings. The Labute approximate surface area is 87.0 Å². The van der Waals surface area contributed by atoms with Crippen molar-refractivity contribution in [2.75, 3.05) is 24.3 Å². The van der Waals surface area contributed by atoms with Crippen LogP contribution in [0.3, 0.4) is 0 Å². The first-order valence-electron chi connectivity index (χ1n) is 4.31. The van der Waals surface area contributed by atoms with Gasteiger partial charge in [0.2, 0.25) is 5.91 Å². The van der Waals surface area contributed by atoms with Crippen LogP contribution in [0.4, 0.5) is 0 Å². The van der Waals surface area contributed by atoms with Crippen molar-refractivity contribution in [3.8, 4) is 0 Å². The Hall–Kier alpha value is -0.0300. The number of carbonyl (C=O) groups is 1. The summed E-state index contributed by atoms with van der Waals surface area (Å²) in [5.41, 5.74) is 0. The standard InChI is InChI=1S/C7H14NO4PS/c1-6(4-13(10,11)12)7(9)8-2-3-14-5-8/h6H,2-5H2,1H3,(H2,10,11,12). The lowest BCUT2D eigenvalue weighted by atomic mass is 10.2. The van der Waals surface area contributed by atoms with Crippen LogP contribution in [-0.4, -0.2) is 44.9 Å². The molecule has 1 aliphatic heterocycles. The largest absolute Gasteiger partial charge is 0.332 e. The zero-order chi connectivity index (χ0) is 10.8. The lowest BCUT2D eigenvalue weighted by Crippen LogP contribution is -2.34. The summed E-state index contributed by atoms with van der Waals surface area (Å²) < 4.78 is 10.7. The summed E-state index contributed by atoms with van der Waals surface area (Å²) in [5.74, 6) is 0.812. The molecule has 0 saturated carbocycles. The molecule has 0 radical (unpaired) electrons. The molecule has 1 heterocycles. The van der Waals surface area contributed by atoms with Gasteiger partial charge in [0.25, 0.3) is 0 Å². The molecule has 1 atom stereocenters. The van der Waals surface area contributed by atoms with Crippen LogP contribution in [0.15, 0.2) is 0 Å². The summed E-state index contributed by atoms with van der Waals surface area (Å²) in [7, 11) is -4.07. The second kappa shape index (κ2) is 4.66. The van der Waals surface area contributed by atoms with Crippen molar-refractivity contribution >= 4 is 25.3 Å². The third kappa shape index (κ3) is 3.61. The van der Waals surface area contributed by atoms with Crippen molar-refractivity contribution in [3.05, 3.63) is 0 Å². The minimum atomic E-state index is -4.07. The van der Waals surface area contributed by atoms with E-state index in [9.17, 15) is 9.36 Å². The maximum absolute atomic E-state index is 11.6. The minimum absolute atomic E-state index is 0.154. The van der Waals surface area contributed by atoms with Crippen LogP contribution in [0.25, 0.3) is 0 Å². The monoisotopic (exact) mass is 239 g/mol. The number of thioether (sulfide) groups is 1. The number of amides is 1. The Bertz CT molecular complexity index is 260. The first-order valence-corrected chi connectivity index (χ1v) is 7.26. The van der Waals surface area contributed by atoms with Gasteiger partial charge in [-0.1, -0.05) is 6.92 Å². The molecular formula is C7H14NO4PS. The van der Waals surface area contributed by atoms with Crippen molar-refractivity contribution in [1.29, 1.82) is 0 Å². The topological polar surface area (TPSA) is 77.8 Å². The molecule has 0 aliphatic carbocycles. The molecule has 1 amide bonds. The van der Waals surface area contributed by atoms with E-state index in [0.717, 1.165) is 5.75 Å². The molecule has 1 unspecified atom stereocenters. The van der Waals surface area contributed by atoms with Crippen molar-refractivity contribution < 1.29 is 19.1 Å². The third-order valence-corrected chi connectivity index (χ3v) is 3.99. The quantitative estimate of drug-likeness (QED) is 0.694. The van der Waals surface area contributed by atoms with Crippen molar-refractivity contribution in [2.45, 2.75) is 6.92 Å². The molecule has 0 spiro atoms. The van der Waals surface area contributed by atoms with E-state index in [4.69, 9.17) is 9.79 Å². The maximum atomic E-state index is 11.6. The molecule has 14 heavy (non-hydrogen) atoms. The van der Waals surface area contributed by atoms with Gasteiger partial charge in [-0.15, -0.1) is 11.8 Å². The molecule has 5 nitrogen and oxygen atoms in total. The van der Waals surface area contributed by atoms with Gasteiger partial charge in [-0.2, -0.15) is 0 Å². The molecule has 1 saturated heterocycles. The van der Waals surface area contributed by atoms with Crippen LogP contribution < -0.4 is 0 Å². The van der Waals surface area contributed by atoms with E-state index in [1.54, 1.807) is 23.6 Å². The highest BCUT2D eigenvalue weighted by atomic mass is 32.2. The van der Waals surface area contributed by atoms with Crippen LogP contribution in [0.2, 0.25) is 0 Å². The highest BCUT2D eigenvalue weighted by Crippen LogP contribution is 2.37. The Morgan fingerprint density at radius 3 is 2.71 bits per heavy atom. The Morgan fingerprint density at radius 1 is 1.64 bits per heavy atom. The Kier molecular flexibility index (Phi) is 4.01. The van der Waals surface area contributed by atoms with Gasteiger partial charge < -0.3 is 14.7 Å². The van der Waals surface area contributed by atoms with Crippen molar-refractivity contribution in [3.63, 3.8) is 0 Å².